The molecule has 0 spiro atoms. The Hall–Kier alpha value is -0.610. The topological polar surface area (TPSA) is 60.8 Å². The van der Waals surface area contributed by atoms with Crippen molar-refractivity contribution in [1.82, 2.24) is 4.90 Å². The van der Waals surface area contributed by atoms with Gasteiger partial charge in [0.1, 0.15) is 0 Å². The van der Waals surface area contributed by atoms with Crippen LogP contribution in [0.15, 0.2) is 0 Å². The summed E-state index contributed by atoms with van der Waals surface area (Å²) in [6, 6.07) is -0.0231. The van der Waals surface area contributed by atoms with E-state index in [2.05, 4.69) is 20.8 Å². The number of hydrogen-bond donors (Lipinski definition) is 2. The Morgan fingerprint density at radius 1 is 0.970 bits per heavy atom. The van der Waals surface area contributed by atoms with E-state index in [0.29, 0.717) is 23.7 Å². The van der Waals surface area contributed by atoms with Crippen LogP contribution in [0, 0.1) is 40.4 Å². The number of carbonyl (C=O) groups is 1. The minimum absolute atomic E-state index is 0.0231. The summed E-state index contributed by atoms with van der Waals surface area (Å²) < 4.78 is 0. The van der Waals surface area contributed by atoms with E-state index in [4.69, 9.17) is 0 Å². The first kappa shape index (κ1) is 24.1. The fourth-order valence-corrected chi connectivity index (χ4v) is 10.5. The molecule has 4 nitrogen and oxygen atoms in total. The van der Waals surface area contributed by atoms with Crippen molar-refractivity contribution >= 4 is 5.91 Å². The van der Waals surface area contributed by atoms with Crippen LogP contribution in [-0.2, 0) is 4.79 Å². The third kappa shape index (κ3) is 3.63. The van der Waals surface area contributed by atoms with Gasteiger partial charge in [-0.25, -0.2) is 0 Å². The largest absolute Gasteiger partial charge is 0.393 e. The zero-order valence-electron chi connectivity index (χ0n) is 21.7. The van der Waals surface area contributed by atoms with Crippen molar-refractivity contribution in [2.24, 2.45) is 40.4 Å². The third-order valence-corrected chi connectivity index (χ3v) is 12.1. The normalized spacial score (nSPS) is 49.5. The Balaban J connectivity index is 1.39. The standard InChI is InChI=1S/C29H49NO3/c1-5-26(32)30-17-7-6-8-25(30)29(4,33)24-12-11-22-21-10-9-19-18-20(31)13-15-27(19,2)23(21)14-16-28(22,24)3/h19-25,31,33H,5-18H2,1-4H3/t19?,20-,21?,22?,23?,24-,25?,27-,28-,29?/m0/s1. The van der Waals surface area contributed by atoms with Gasteiger partial charge in [0, 0.05) is 13.0 Å². The molecule has 10 atom stereocenters. The molecule has 1 aliphatic heterocycles. The molecule has 5 fully saturated rings. The van der Waals surface area contributed by atoms with E-state index in [-0.39, 0.29) is 29.4 Å². The minimum Gasteiger partial charge on any atom is -0.393 e. The lowest BCUT2D eigenvalue weighted by Gasteiger charge is -2.62. The predicted octanol–water partition coefficient (Wildman–Crippen LogP) is 5.55. The quantitative estimate of drug-likeness (QED) is 0.582. The van der Waals surface area contributed by atoms with Gasteiger partial charge >= 0.3 is 0 Å². The van der Waals surface area contributed by atoms with E-state index in [1.807, 2.05) is 11.8 Å². The lowest BCUT2D eigenvalue weighted by molar-refractivity contribution is -0.167. The molecule has 0 aromatic rings. The molecule has 5 rings (SSSR count). The van der Waals surface area contributed by atoms with E-state index >= 15 is 0 Å². The molecule has 2 N–H and O–H groups in total. The van der Waals surface area contributed by atoms with Gasteiger partial charge in [0.15, 0.2) is 0 Å². The minimum atomic E-state index is -0.808. The molecule has 4 aliphatic carbocycles. The Bertz CT molecular complexity index is 751. The van der Waals surface area contributed by atoms with Crippen LogP contribution in [0.25, 0.3) is 0 Å². The van der Waals surface area contributed by atoms with Gasteiger partial charge in [-0.15, -0.1) is 0 Å². The number of likely N-dealkylation sites (tertiary alicyclic amines) is 1. The van der Waals surface area contributed by atoms with Gasteiger partial charge in [-0.1, -0.05) is 20.8 Å². The van der Waals surface area contributed by atoms with Crippen LogP contribution in [0.3, 0.4) is 0 Å². The van der Waals surface area contributed by atoms with Gasteiger partial charge in [-0.05, 0) is 124 Å². The molecule has 188 valence electrons. The summed E-state index contributed by atoms with van der Waals surface area (Å²) in [6.07, 6.45) is 14.3. The number of piperidine rings is 1. The maximum atomic E-state index is 12.8. The number of amides is 1. The summed E-state index contributed by atoms with van der Waals surface area (Å²) >= 11 is 0. The van der Waals surface area contributed by atoms with E-state index in [1.54, 1.807) is 0 Å². The fourth-order valence-electron chi connectivity index (χ4n) is 10.5. The van der Waals surface area contributed by atoms with Crippen molar-refractivity contribution in [3.8, 4) is 0 Å². The molecule has 0 bridgehead atoms. The smallest absolute Gasteiger partial charge is 0.222 e. The summed E-state index contributed by atoms with van der Waals surface area (Å²) in [6.45, 7) is 9.93. The number of rotatable bonds is 3. The molecule has 0 radical (unpaired) electrons. The van der Waals surface area contributed by atoms with Crippen molar-refractivity contribution in [2.75, 3.05) is 6.54 Å². The van der Waals surface area contributed by atoms with E-state index in [1.165, 1.54) is 38.5 Å². The first-order valence-electron chi connectivity index (χ1n) is 14.3. The Morgan fingerprint density at radius 3 is 2.45 bits per heavy atom. The van der Waals surface area contributed by atoms with E-state index in [0.717, 1.165) is 56.9 Å². The van der Waals surface area contributed by atoms with Crippen molar-refractivity contribution in [1.29, 1.82) is 0 Å². The molecule has 33 heavy (non-hydrogen) atoms. The average Bonchev–Trinajstić information content (AvgIpc) is 3.17. The zero-order valence-corrected chi connectivity index (χ0v) is 21.7. The maximum absolute atomic E-state index is 12.8. The highest BCUT2D eigenvalue weighted by molar-refractivity contribution is 5.76. The predicted molar refractivity (Wildman–Crippen MR) is 131 cm³/mol. The molecule has 1 amide bonds. The molecule has 4 heteroatoms. The molecule has 0 aromatic carbocycles. The number of fused-ring (bicyclic) bond motifs is 5. The van der Waals surface area contributed by atoms with Crippen molar-refractivity contribution in [3.63, 3.8) is 0 Å². The van der Waals surface area contributed by atoms with Crippen LogP contribution in [0.2, 0.25) is 0 Å². The number of aliphatic hydroxyl groups is 2. The molecule has 1 saturated heterocycles. The van der Waals surface area contributed by atoms with E-state index < -0.39 is 5.60 Å². The Labute approximate surface area is 201 Å². The second kappa shape index (κ2) is 8.50. The van der Waals surface area contributed by atoms with E-state index in [9.17, 15) is 15.0 Å². The van der Waals surface area contributed by atoms with Gasteiger partial charge in [-0.2, -0.15) is 0 Å². The van der Waals surface area contributed by atoms with Gasteiger partial charge in [0.25, 0.3) is 0 Å². The average molecular weight is 460 g/mol. The third-order valence-electron chi connectivity index (χ3n) is 12.1. The molecular formula is C29H49NO3. The monoisotopic (exact) mass is 459 g/mol. The van der Waals surface area contributed by atoms with Gasteiger partial charge in [0.05, 0.1) is 17.7 Å². The number of hydrogen-bond acceptors (Lipinski definition) is 3. The SMILES string of the molecule is CCC(=O)N1CCCCC1C(C)(O)[C@H]1CCC2C3CCC4C[C@@H](O)CC[C@]4(C)C3CC[C@@]21C. The number of aliphatic hydroxyl groups excluding tert-OH is 1. The molecule has 5 aliphatic rings. The highest BCUT2D eigenvalue weighted by atomic mass is 16.3. The molecule has 6 unspecified atom stereocenters. The van der Waals surface area contributed by atoms with Crippen LogP contribution in [0.5, 0.6) is 0 Å². The highest BCUT2D eigenvalue weighted by Crippen LogP contribution is 2.69. The maximum Gasteiger partial charge on any atom is 0.222 e. The fraction of sp³-hybridized carbons (Fsp3) is 0.966. The van der Waals surface area contributed by atoms with Crippen LogP contribution < -0.4 is 0 Å². The summed E-state index contributed by atoms with van der Waals surface area (Å²) in [5, 5.41) is 22.5. The molecule has 4 saturated carbocycles. The van der Waals surface area contributed by atoms with Crippen molar-refractivity contribution in [3.05, 3.63) is 0 Å². The van der Waals surface area contributed by atoms with Crippen molar-refractivity contribution < 1.29 is 15.0 Å². The van der Waals surface area contributed by atoms with Gasteiger partial charge < -0.3 is 15.1 Å². The molecule has 1 heterocycles. The first-order valence-corrected chi connectivity index (χ1v) is 14.3. The molecule has 0 aromatic heterocycles. The second-order valence-corrected chi connectivity index (χ2v) is 13.4. The first-order chi connectivity index (χ1) is 15.6. The van der Waals surface area contributed by atoms with Gasteiger partial charge in [-0.3, -0.25) is 4.79 Å². The summed E-state index contributed by atoms with van der Waals surface area (Å²) in [4.78, 5) is 14.8. The Kier molecular flexibility index (Phi) is 6.21. The highest BCUT2D eigenvalue weighted by Gasteiger charge is 2.63. The lowest BCUT2D eigenvalue weighted by atomic mass is 9.44. The van der Waals surface area contributed by atoms with Crippen molar-refractivity contribution in [2.45, 2.75) is 129 Å². The van der Waals surface area contributed by atoms with Crippen LogP contribution >= 0.6 is 0 Å². The van der Waals surface area contributed by atoms with Crippen LogP contribution in [0.4, 0.5) is 0 Å². The summed E-state index contributed by atoms with van der Waals surface area (Å²) in [7, 11) is 0. The summed E-state index contributed by atoms with van der Waals surface area (Å²) in [5.74, 6) is 3.47. The number of carbonyl (C=O) groups excluding carboxylic acids is 1. The van der Waals surface area contributed by atoms with Crippen LogP contribution in [-0.4, -0.2) is 45.3 Å². The lowest BCUT2D eigenvalue weighted by Crippen LogP contribution is -2.62. The number of nitrogens with zero attached hydrogens (tertiary/aromatic N) is 1. The Morgan fingerprint density at radius 2 is 1.70 bits per heavy atom. The van der Waals surface area contributed by atoms with Gasteiger partial charge in [0.2, 0.25) is 5.91 Å². The van der Waals surface area contributed by atoms with Crippen LogP contribution in [0.1, 0.15) is 111 Å². The second-order valence-electron chi connectivity index (χ2n) is 13.4. The molecular weight excluding hydrogens is 410 g/mol. The zero-order chi connectivity index (χ0) is 23.6. The summed E-state index contributed by atoms with van der Waals surface area (Å²) in [5.41, 5.74) is -0.226.